The summed E-state index contributed by atoms with van der Waals surface area (Å²) in [7, 11) is 0. The number of hydrogen-bond donors (Lipinski definition) is 0. The van der Waals surface area contributed by atoms with E-state index in [0.29, 0.717) is 0 Å². The highest BCUT2D eigenvalue weighted by molar-refractivity contribution is 6.15. The summed E-state index contributed by atoms with van der Waals surface area (Å²) in [6.07, 6.45) is 2.15. The van der Waals surface area contributed by atoms with Crippen molar-refractivity contribution in [2.75, 3.05) is 0 Å². The van der Waals surface area contributed by atoms with E-state index < -0.39 is 11.9 Å². The lowest BCUT2D eigenvalue weighted by Gasteiger charge is -1.86. The van der Waals surface area contributed by atoms with Crippen LogP contribution in [0, 0.1) is 0 Å². The molecule has 0 aliphatic carbocycles. The number of carbonyl (C=O) groups excluding carboxylic acids is 2. The van der Waals surface area contributed by atoms with Crippen molar-refractivity contribution < 1.29 is 19.3 Å². The maximum absolute atomic E-state index is 10.1. The third-order valence-electron chi connectivity index (χ3n) is 0.551. The van der Waals surface area contributed by atoms with Crippen LogP contribution in [-0.2, 0) is 19.3 Å². The molecule has 0 saturated heterocycles. The number of rotatable bonds is 3. The first-order valence-corrected chi connectivity index (χ1v) is 3.03. The van der Waals surface area contributed by atoms with Crippen LogP contribution in [0.3, 0.4) is 0 Å². The van der Waals surface area contributed by atoms with Gasteiger partial charge in [0.05, 0.1) is 12.4 Å². The van der Waals surface area contributed by atoms with Gasteiger partial charge in [0.25, 0.3) is 0 Å². The summed E-state index contributed by atoms with van der Waals surface area (Å²) in [5.74, 6) is -1.07. The summed E-state index contributed by atoms with van der Waals surface area (Å²) < 4.78 is 0. The Bertz CT molecular complexity index is 198. The Kier molecular flexibility index (Phi) is 5.16. The minimum atomic E-state index is -0.535. The molecule has 12 heavy (non-hydrogen) atoms. The molecule has 0 unspecified atom stereocenters. The fourth-order valence-electron chi connectivity index (χ4n) is 0.264. The average molecular weight is 172 g/mol. The van der Waals surface area contributed by atoms with Crippen LogP contribution in [0.4, 0.5) is 0 Å². The molecule has 66 valence electrons. The molecule has 6 nitrogen and oxygen atoms in total. The molecule has 0 atom stereocenters. The van der Waals surface area contributed by atoms with E-state index in [0.717, 1.165) is 12.4 Å². The fourth-order valence-corrected chi connectivity index (χ4v) is 0.264. The van der Waals surface area contributed by atoms with Gasteiger partial charge in [-0.15, -0.1) is 0 Å². The van der Waals surface area contributed by atoms with Gasteiger partial charge >= 0.3 is 11.9 Å². The van der Waals surface area contributed by atoms with Crippen molar-refractivity contribution in [3.8, 4) is 0 Å². The zero-order valence-electron chi connectivity index (χ0n) is 6.68. The third kappa shape index (κ3) is 8.28. The lowest BCUT2D eigenvalue weighted by molar-refractivity contribution is -0.141. The van der Waals surface area contributed by atoms with Crippen LogP contribution in [0.2, 0.25) is 0 Å². The molecule has 0 aromatic heterocycles. The Hall–Kier alpha value is -1.72. The van der Waals surface area contributed by atoms with Crippen LogP contribution in [0.15, 0.2) is 10.3 Å². The van der Waals surface area contributed by atoms with E-state index in [4.69, 9.17) is 0 Å². The van der Waals surface area contributed by atoms with E-state index in [-0.39, 0.29) is 0 Å². The van der Waals surface area contributed by atoms with Gasteiger partial charge in [-0.25, -0.2) is 9.59 Å². The molecule has 0 radical (unpaired) electrons. The zero-order chi connectivity index (χ0) is 9.40. The van der Waals surface area contributed by atoms with Gasteiger partial charge in [-0.1, -0.05) is 10.3 Å². The highest BCUT2D eigenvalue weighted by atomic mass is 16.7. The van der Waals surface area contributed by atoms with E-state index in [9.17, 15) is 9.59 Å². The molecule has 6 heteroatoms. The lowest BCUT2D eigenvalue weighted by atomic mass is 10.8. The third-order valence-corrected chi connectivity index (χ3v) is 0.551. The van der Waals surface area contributed by atoms with Gasteiger partial charge in [-0.05, 0) is 0 Å². The SMILES string of the molecule is CC(=O)O/N=C\C=N\OC(C)=O. The number of hydrogen-bond acceptors (Lipinski definition) is 6. The largest absolute Gasteiger partial charge is 0.331 e. The maximum Gasteiger partial charge on any atom is 0.331 e. The molecule has 0 rings (SSSR count). The molecule has 0 fully saturated rings. The smallest absolute Gasteiger partial charge is 0.319 e. The first-order valence-electron chi connectivity index (χ1n) is 3.03. The van der Waals surface area contributed by atoms with Crippen LogP contribution >= 0.6 is 0 Å². The fraction of sp³-hybridized carbons (Fsp3) is 0.333. The van der Waals surface area contributed by atoms with Gasteiger partial charge in [0.15, 0.2) is 0 Å². The normalized spacial score (nSPS) is 10.5. The summed E-state index contributed by atoms with van der Waals surface area (Å²) >= 11 is 0. The van der Waals surface area contributed by atoms with Crippen molar-refractivity contribution in [1.82, 2.24) is 0 Å². The second-order valence-electron chi connectivity index (χ2n) is 1.67. The van der Waals surface area contributed by atoms with Crippen molar-refractivity contribution >= 4 is 24.4 Å². The van der Waals surface area contributed by atoms with E-state index >= 15 is 0 Å². The van der Waals surface area contributed by atoms with Crippen LogP contribution in [0.25, 0.3) is 0 Å². The van der Waals surface area contributed by atoms with E-state index in [2.05, 4.69) is 20.0 Å². The van der Waals surface area contributed by atoms with Crippen LogP contribution in [-0.4, -0.2) is 24.4 Å². The summed E-state index contributed by atoms with van der Waals surface area (Å²) in [4.78, 5) is 28.5. The molecular formula is C6H8N2O4. The average Bonchev–Trinajstić information content (AvgIpc) is 1.95. The van der Waals surface area contributed by atoms with Crippen LogP contribution < -0.4 is 0 Å². The molecule has 0 amide bonds. The van der Waals surface area contributed by atoms with Crippen molar-refractivity contribution in [2.45, 2.75) is 13.8 Å². The molecule has 0 aromatic carbocycles. The Labute approximate surface area is 68.8 Å². The number of oxime groups is 2. The van der Waals surface area contributed by atoms with Gasteiger partial charge in [0, 0.05) is 13.8 Å². The molecule has 0 heterocycles. The predicted octanol–water partition coefficient (Wildman–Crippen LogP) is 0.0842. The molecule has 0 bridgehead atoms. The molecule has 0 aromatic rings. The summed E-state index contributed by atoms with van der Waals surface area (Å²) in [5, 5.41) is 6.31. The summed E-state index contributed by atoms with van der Waals surface area (Å²) in [6, 6.07) is 0. The van der Waals surface area contributed by atoms with Gasteiger partial charge in [0.2, 0.25) is 0 Å². The van der Waals surface area contributed by atoms with Crippen LogP contribution in [0.1, 0.15) is 13.8 Å². The van der Waals surface area contributed by atoms with Crippen LogP contribution in [0.5, 0.6) is 0 Å². The summed E-state index contributed by atoms with van der Waals surface area (Å²) in [5.41, 5.74) is 0. The number of nitrogens with zero attached hydrogens (tertiary/aromatic N) is 2. The van der Waals surface area contributed by atoms with E-state index in [1.807, 2.05) is 0 Å². The van der Waals surface area contributed by atoms with Crippen molar-refractivity contribution in [1.29, 1.82) is 0 Å². The minimum absolute atomic E-state index is 0.535. The van der Waals surface area contributed by atoms with Gasteiger partial charge in [0.1, 0.15) is 0 Å². The Morgan fingerprint density at radius 1 is 1.00 bits per heavy atom. The standard InChI is InChI=1S/C6H8N2O4/c1-5(9)11-7-3-4-8-12-6(2)10/h3-4H,1-2H3/b7-3-,8-4+. The highest BCUT2D eigenvalue weighted by Crippen LogP contribution is 1.75. The minimum Gasteiger partial charge on any atom is -0.319 e. The topological polar surface area (TPSA) is 77.3 Å². The molecule has 0 N–H and O–H groups in total. The van der Waals surface area contributed by atoms with Gasteiger partial charge in [-0.3, -0.25) is 0 Å². The van der Waals surface area contributed by atoms with Crippen molar-refractivity contribution in [3.63, 3.8) is 0 Å². The van der Waals surface area contributed by atoms with Gasteiger partial charge < -0.3 is 9.68 Å². The molecular weight excluding hydrogens is 164 g/mol. The first kappa shape index (κ1) is 10.3. The zero-order valence-corrected chi connectivity index (χ0v) is 6.68. The lowest BCUT2D eigenvalue weighted by Crippen LogP contribution is -1.93. The van der Waals surface area contributed by atoms with Crippen molar-refractivity contribution in [3.05, 3.63) is 0 Å². The molecule has 0 aliphatic heterocycles. The number of carbonyl (C=O) groups is 2. The second kappa shape index (κ2) is 6.02. The van der Waals surface area contributed by atoms with E-state index in [1.165, 1.54) is 13.8 Å². The second-order valence-corrected chi connectivity index (χ2v) is 1.67. The van der Waals surface area contributed by atoms with Gasteiger partial charge in [-0.2, -0.15) is 0 Å². The highest BCUT2D eigenvalue weighted by Gasteiger charge is 1.86. The first-order chi connectivity index (χ1) is 5.63. The Morgan fingerprint density at radius 2 is 1.33 bits per heavy atom. The molecule has 0 aliphatic rings. The molecule has 0 saturated carbocycles. The molecule has 0 spiro atoms. The summed E-state index contributed by atoms with van der Waals surface area (Å²) in [6.45, 7) is 2.42. The Balaban J connectivity index is 3.52. The van der Waals surface area contributed by atoms with E-state index in [1.54, 1.807) is 0 Å². The monoisotopic (exact) mass is 172 g/mol. The Morgan fingerprint density at radius 3 is 1.58 bits per heavy atom. The quantitative estimate of drug-likeness (QED) is 0.343. The predicted molar refractivity (Wildman–Crippen MR) is 40.5 cm³/mol. The maximum atomic E-state index is 10.1. The van der Waals surface area contributed by atoms with Crippen molar-refractivity contribution in [2.24, 2.45) is 10.3 Å².